The van der Waals surface area contributed by atoms with Crippen LogP contribution < -0.4 is 10.6 Å². The lowest BCUT2D eigenvalue weighted by atomic mass is 10.2. The number of benzene rings is 1. The van der Waals surface area contributed by atoms with Gasteiger partial charge in [0.2, 0.25) is 0 Å². The zero-order valence-electron chi connectivity index (χ0n) is 14.4. The largest absolute Gasteiger partial charge is 0.462 e. The molecule has 0 atom stereocenters. The fourth-order valence-corrected chi connectivity index (χ4v) is 2.11. The second kappa shape index (κ2) is 10.4. The van der Waals surface area contributed by atoms with Gasteiger partial charge in [0.1, 0.15) is 0 Å². The minimum Gasteiger partial charge on any atom is -0.462 e. The molecule has 0 aliphatic heterocycles. The molecule has 1 aromatic rings. The molecule has 1 aromatic carbocycles. The van der Waals surface area contributed by atoms with Gasteiger partial charge in [0.15, 0.2) is 0 Å². The van der Waals surface area contributed by atoms with E-state index < -0.39 is 17.8 Å². The molecule has 0 bridgehead atoms. The van der Waals surface area contributed by atoms with Gasteiger partial charge in [-0.3, -0.25) is 9.59 Å². The summed E-state index contributed by atoms with van der Waals surface area (Å²) in [6.45, 7) is 8.81. The second-order valence-electron chi connectivity index (χ2n) is 5.00. The van der Waals surface area contributed by atoms with Crippen molar-refractivity contribution in [2.24, 2.45) is 0 Å². The van der Waals surface area contributed by atoms with Crippen molar-refractivity contribution in [3.63, 3.8) is 0 Å². The average Bonchev–Trinajstić information content (AvgIpc) is 2.59. The maximum atomic E-state index is 12.0. The minimum atomic E-state index is -0.814. The van der Waals surface area contributed by atoms with E-state index in [1.807, 2.05) is 13.8 Å². The van der Waals surface area contributed by atoms with Crippen molar-refractivity contribution in [1.82, 2.24) is 10.2 Å². The Balaban J connectivity index is 2.61. The highest BCUT2D eigenvalue weighted by Gasteiger charge is 2.18. The summed E-state index contributed by atoms with van der Waals surface area (Å²) in [7, 11) is 0. The summed E-state index contributed by atoms with van der Waals surface area (Å²) in [5, 5.41) is 5.02. The molecule has 2 amide bonds. The predicted octanol–water partition coefficient (Wildman–Crippen LogP) is 1.26. The number of hydrogen-bond donors (Lipinski definition) is 2. The number of likely N-dealkylation sites (N-methyl/N-ethyl adjacent to an activating group) is 1. The first-order valence-corrected chi connectivity index (χ1v) is 8.11. The van der Waals surface area contributed by atoms with Crippen molar-refractivity contribution < 1.29 is 19.1 Å². The molecule has 0 aliphatic carbocycles. The Kier molecular flexibility index (Phi) is 8.49. The van der Waals surface area contributed by atoms with Gasteiger partial charge in [-0.1, -0.05) is 26.0 Å². The molecular weight excluding hydrogens is 310 g/mol. The summed E-state index contributed by atoms with van der Waals surface area (Å²) in [5.41, 5.74) is 0.462. The Morgan fingerprint density at radius 2 is 1.71 bits per heavy atom. The van der Waals surface area contributed by atoms with Crippen LogP contribution >= 0.6 is 0 Å². The van der Waals surface area contributed by atoms with Crippen LogP contribution in [0.25, 0.3) is 0 Å². The van der Waals surface area contributed by atoms with Crippen LogP contribution in [0.2, 0.25) is 0 Å². The fraction of sp³-hybridized carbons (Fsp3) is 0.471. The van der Waals surface area contributed by atoms with Crippen molar-refractivity contribution >= 4 is 23.5 Å². The first kappa shape index (κ1) is 19.6. The van der Waals surface area contributed by atoms with E-state index in [2.05, 4.69) is 15.5 Å². The van der Waals surface area contributed by atoms with Crippen molar-refractivity contribution in [3.8, 4) is 0 Å². The molecule has 0 spiro atoms. The van der Waals surface area contributed by atoms with Crippen LogP contribution in [0, 0.1) is 0 Å². The van der Waals surface area contributed by atoms with Crippen molar-refractivity contribution in [2.75, 3.05) is 38.1 Å². The maximum Gasteiger partial charge on any atom is 0.340 e. The lowest BCUT2D eigenvalue weighted by Crippen LogP contribution is -2.40. The predicted molar refractivity (Wildman–Crippen MR) is 91.8 cm³/mol. The van der Waals surface area contributed by atoms with E-state index in [9.17, 15) is 14.4 Å². The number of carbonyl (C=O) groups excluding carboxylic acids is 3. The van der Waals surface area contributed by atoms with Crippen molar-refractivity contribution in [1.29, 1.82) is 0 Å². The summed E-state index contributed by atoms with van der Waals surface area (Å²) in [6, 6.07) is 6.40. The molecule has 0 saturated carbocycles. The lowest BCUT2D eigenvalue weighted by molar-refractivity contribution is -0.136. The monoisotopic (exact) mass is 335 g/mol. The van der Waals surface area contributed by atoms with Gasteiger partial charge in [-0.05, 0) is 32.1 Å². The average molecular weight is 335 g/mol. The van der Waals surface area contributed by atoms with Gasteiger partial charge >= 0.3 is 17.8 Å². The molecule has 24 heavy (non-hydrogen) atoms. The van der Waals surface area contributed by atoms with Gasteiger partial charge in [0, 0.05) is 13.1 Å². The minimum absolute atomic E-state index is 0.212. The summed E-state index contributed by atoms with van der Waals surface area (Å²) < 4.78 is 4.93. The standard InChI is InChI=1S/C17H25N3O4/c1-4-20(5-2)12-11-18-15(21)16(22)19-14-10-8-7-9-13(14)17(23)24-6-3/h7-10H,4-6,11-12H2,1-3H3,(H,18,21)(H,19,22). The summed E-state index contributed by atoms with van der Waals surface area (Å²) in [6.07, 6.45) is 0. The van der Waals surface area contributed by atoms with Crippen LogP contribution in [0.15, 0.2) is 24.3 Å². The molecule has 0 saturated heterocycles. The second-order valence-corrected chi connectivity index (χ2v) is 5.00. The molecule has 0 fully saturated rings. The maximum absolute atomic E-state index is 12.0. The van der Waals surface area contributed by atoms with Gasteiger partial charge in [0.25, 0.3) is 0 Å². The Hall–Kier alpha value is -2.41. The smallest absolute Gasteiger partial charge is 0.340 e. The first-order chi connectivity index (χ1) is 11.5. The molecule has 7 heteroatoms. The van der Waals surface area contributed by atoms with Gasteiger partial charge in [-0.15, -0.1) is 0 Å². The zero-order valence-corrected chi connectivity index (χ0v) is 14.4. The number of esters is 1. The highest BCUT2D eigenvalue weighted by Crippen LogP contribution is 2.16. The quantitative estimate of drug-likeness (QED) is 0.552. The molecule has 0 heterocycles. The lowest BCUT2D eigenvalue weighted by Gasteiger charge is -2.17. The molecular formula is C17H25N3O4. The number of rotatable bonds is 8. The van der Waals surface area contributed by atoms with E-state index in [1.165, 1.54) is 6.07 Å². The fourth-order valence-electron chi connectivity index (χ4n) is 2.11. The van der Waals surface area contributed by atoms with E-state index in [-0.39, 0.29) is 17.9 Å². The van der Waals surface area contributed by atoms with E-state index >= 15 is 0 Å². The molecule has 0 aliphatic rings. The Labute approximate surface area is 142 Å². The number of nitrogens with one attached hydrogen (secondary N) is 2. The summed E-state index contributed by atoms with van der Waals surface area (Å²) >= 11 is 0. The molecule has 0 radical (unpaired) electrons. The van der Waals surface area contributed by atoms with E-state index in [0.29, 0.717) is 13.1 Å². The van der Waals surface area contributed by atoms with Crippen LogP contribution in [-0.2, 0) is 14.3 Å². The summed E-state index contributed by atoms with van der Waals surface area (Å²) in [4.78, 5) is 37.8. The molecule has 1 rings (SSSR count). The molecule has 132 valence electrons. The third-order valence-corrected chi connectivity index (χ3v) is 3.48. The molecule has 2 N–H and O–H groups in total. The molecule has 7 nitrogen and oxygen atoms in total. The molecule has 0 aromatic heterocycles. The first-order valence-electron chi connectivity index (χ1n) is 8.11. The van der Waals surface area contributed by atoms with E-state index in [1.54, 1.807) is 25.1 Å². The highest BCUT2D eigenvalue weighted by molar-refractivity contribution is 6.40. The summed E-state index contributed by atoms with van der Waals surface area (Å²) in [5.74, 6) is -2.09. The third kappa shape index (κ3) is 6.00. The van der Waals surface area contributed by atoms with Gasteiger partial charge < -0.3 is 20.3 Å². The zero-order chi connectivity index (χ0) is 17.9. The van der Waals surface area contributed by atoms with E-state index in [0.717, 1.165) is 13.1 Å². The molecule has 0 unspecified atom stereocenters. The van der Waals surface area contributed by atoms with Gasteiger partial charge in [0.05, 0.1) is 17.9 Å². The highest BCUT2D eigenvalue weighted by atomic mass is 16.5. The van der Waals surface area contributed by atoms with Gasteiger partial charge in [-0.2, -0.15) is 0 Å². The number of nitrogens with zero attached hydrogens (tertiary/aromatic N) is 1. The number of hydrogen-bond acceptors (Lipinski definition) is 5. The third-order valence-electron chi connectivity index (χ3n) is 3.48. The SMILES string of the molecule is CCOC(=O)c1ccccc1NC(=O)C(=O)NCCN(CC)CC. The van der Waals surface area contributed by atoms with Gasteiger partial charge in [-0.25, -0.2) is 4.79 Å². The Morgan fingerprint density at radius 3 is 2.33 bits per heavy atom. The Morgan fingerprint density at radius 1 is 1.04 bits per heavy atom. The normalized spacial score (nSPS) is 10.3. The van der Waals surface area contributed by atoms with E-state index in [4.69, 9.17) is 4.74 Å². The number of anilines is 1. The van der Waals surface area contributed by atoms with Crippen LogP contribution in [0.3, 0.4) is 0 Å². The van der Waals surface area contributed by atoms with Crippen LogP contribution in [-0.4, -0.2) is 55.5 Å². The van der Waals surface area contributed by atoms with Crippen LogP contribution in [0.5, 0.6) is 0 Å². The van der Waals surface area contributed by atoms with Crippen LogP contribution in [0.4, 0.5) is 5.69 Å². The number of ether oxygens (including phenoxy) is 1. The van der Waals surface area contributed by atoms with Crippen LogP contribution in [0.1, 0.15) is 31.1 Å². The Bertz CT molecular complexity index is 571. The van der Waals surface area contributed by atoms with Crippen molar-refractivity contribution in [2.45, 2.75) is 20.8 Å². The van der Waals surface area contributed by atoms with Crippen molar-refractivity contribution in [3.05, 3.63) is 29.8 Å². The topological polar surface area (TPSA) is 87.7 Å². The number of para-hydroxylation sites is 1. The number of amides is 2. The number of carbonyl (C=O) groups is 3.